The van der Waals surface area contributed by atoms with Crippen LogP contribution >= 0.6 is 0 Å². The smallest absolute Gasteiger partial charge is 0.325 e. The Balaban J connectivity index is 1.84. The van der Waals surface area contributed by atoms with Gasteiger partial charge in [-0.05, 0) is 6.92 Å². The fraction of sp³-hybridized carbons (Fsp3) is 0.500. The first-order chi connectivity index (χ1) is 11.1. The van der Waals surface area contributed by atoms with E-state index in [0.717, 1.165) is 4.90 Å². The van der Waals surface area contributed by atoms with E-state index in [1.165, 1.54) is 0 Å². The molecule has 2 aromatic heterocycles. The Morgan fingerprint density at radius 2 is 2.00 bits per heavy atom. The minimum atomic E-state index is -1.13. The van der Waals surface area contributed by atoms with Crippen LogP contribution in [-0.2, 0) is 29.3 Å². The highest BCUT2D eigenvalue weighted by Crippen LogP contribution is 2.30. The lowest BCUT2D eigenvalue weighted by Crippen LogP contribution is -2.40. The molecule has 0 spiro atoms. The van der Waals surface area contributed by atoms with Crippen LogP contribution in [0.3, 0.4) is 0 Å². The van der Waals surface area contributed by atoms with Crippen LogP contribution < -0.4 is 5.32 Å². The fourth-order valence-corrected chi connectivity index (χ4v) is 2.58. The third-order valence-corrected chi connectivity index (χ3v) is 4.14. The van der Waals surface area contributed by atoms with Gasteiger partial charge >= 0.3 is 6.03 Å². The highest BCUT2D eigenvalue weighted by molar-refractivity contribution is 6.07. The van der Waals surface area contributed by atoms with Crippen molar-refractivity contribution in [3.8, 4) is 0 Å². The molecule has 3 heterocycles. The van der Waals surface area contributed by atoms with E-state index < -0.39 is 11.6 Å². The lowest BCUT2D eigenvalue weighted by Gasteiger charge is -2.19. The molecule has 0 aromatic carbocycles. The van der Waals surface area contributed by atoms with Crippen molar-refractivity contribution < 1.29 is 14.0 Å². The molecule has 8 heteroatoms. The number of imide groups is 1. The van der Waals surface area contributed by atoms with Crippen molar-refractivity contribution in [3.63, 3.8) is 0 Å². The zero-order valence-corrected chi connectivity index (χ0v) is 14.5. The van der Waals surface area contributed by atoms with Crippen LogP contribution in [-0.4, -0.2) is 31.6 Å². The van der Waals surface area contributed by atoms with Gasteiger partial charge in [-0.1, -0.05) is 20.8 Å². The molecule has 128 valence electrons. The third-order valence-electron chi connectivity index (χ3n) is 4.14. The zero-order chi connectivity index (χ0) is 17.7. The summed E-state index contributed by atoms with van der Waals surface area (Å²) in [5, 5.41) is 6.80. The molecule has 0 saturated carbocycles. The second kappa shape index (κ2) is 5.19. The first kappa shape index (κ1) is 16.2. The Kier molecular flexibility index (Phi) is 3.51. The van der Waals surface area contributed by atoms with E-state index in [1.807, 2.05) is 20.8 Å². The molecule has 1 atom stereocenters. The van der Waals surface area contributed by atoms with E-state index in [-0.39, 0.29) is 17.9 Å². The van der Waals surface area contributed by atoms with Gasteiger partial charge in [0.15, 0.2) is 0 Å². The van der Waals surface area contributed by atoms with Crippen LogP contribution in [0.5, 0.6) is 0 Å². The van der Waals surface area contributed by atoms with Gasteiger partial charge in [0.25, 0.3) is 5.91 Å². The van der Waals surface area contributed by atoms with Crippen LogP contribution in [0.15, 0.2) is 23.0 Å². The molecule has 0 radical (unpaired) electrons. The first-order valence-electron chi connectivity index (χ1n) is 7.69. The minimum absolute atomic E-state index is 0.00337. The van der Waals surface area contributed by atoms with Crippen LogP contribution in [0, 0.1) is 0 Å². The van der Waals surface area contributed by atoms with E-state index in [0.29, 0.717) is 17.2 Å². The molecule has 1 N–H and O–H groups in total. The summed E-state index contributed by atoms with van der Waals surface area (Å²) in [6.07, 6.45) is 4.92. The van der Waals surface area contributed by atoms with Gasteiger partial charge in [-0.2, -0.15) is 5.10 Å². The van der Waals surface area contributed by atoms with E-state index in [2.05, 4.69) is 15.4 Å². The average Bonchev–Trinajstić information content (AvgIpc) is 3.15. The lowest BCUT2D eigenvalue weighted by atomic mass is 9.94. The van der Waals surface area contributed by atoms with Crippen molar-refractivity contribution in [1.82, 2.24) is 25.0 Å². The topological polar surface area (TPSA) is 93.3 Å². The fourth-order valence-electron chi connectivity index (χ4n) is 2.58. The number of nitrogens with one attached hydrogen (secondary N) is 1. The Hall–Kier alpha value is -2.64. The first-order valence-corrected chi connectivity index (χ1v) is 7.69. The Labute approximate surface area is 139 Å². The van der Waals surface area contributed by atoms with Crippen molar-refractivity contribution in [2.45, 2.75) is 45.2 Å². The van der Waals surface area contributed by atoms with Gasteiger partial charge in [-0.15, -0.1) is 0 Å². The number of hydrogen-bond acceptors (Lipinski definition) is 5. The van der Waals surface area contributed by atoms with Crippen molar-refractivity contribution in [2.24, 2.45) is 7.05 Å². The highest BCUT2D eigenvalue weighted by Gasteiger charge is 2.50. The molecule has 1 aliphatic heterocycles. The highest BCUT2D eigenvalue weighted by atomic mass is 16.4. The molecule has 8 nitrogen and oxygen atoms in total. The number of carbonyl (C=O) groups is 2. The van der Waals surface area contributed by atoms with E-state index in [4.69, 9.17) is 4.42 Å². The van der Waals surface area contributed by atoms with Crippen molar-refractivity contribution in [2.75, 3.05) is 0 Å². The SMILES string of the molecule is Cn1cc([C@]2(C)NC(=O)N(Cc3ncc(C(C)(C)C)o3)C2=O)cn1. The van der Waals surface area contributed by atoms with Gasteiger partial charge < -0.3 is 9.73 Å². The Bertz CT molecular complexity index is 801. The summed E-state index contributed by atoms with van der Waals surface area (Å²) < 4.78 is 7.27. The van der Waals surface area contributed by atoms with Crippen LogP contribution in [0.25, 0.3) is 0 Å². The molecule has 1 fully saturated rings. The summed E-state index contributed by atoms with van der Waals surface area (Å²) in [5.74, 6) is 0.689. The standard InChI is InChI=1S/C16H21N5O3/c1-15(2,3)11-7-17-12(24-11)9-21-13(22)16(4,19-14(21)23)10-6-18-20(5)8-10/h6-8H,9H2,1-5H3,(H,19,23)/t16-/m0/s1. The normalized spacial score (nSPS) is 21.5. The number of hydrogen-bond donors (Lipinski definition) is 1. The summed E-state index contributed by atoms with van der Waals surface area (Å²) in [5.41, 5.74) is -0.689. The molecule has 3 rings (SSSR count). The summed E-state index contributed by atoms with van der Waals surface area (Å²) in [4.78, 5) is 30.4. The molecule has 0 aliphatic carbocycles. The number of oxazole rings is 1. The average molecular weight is 331 g/mol. The van der Waals surface area contributed by atoms with Crippen molar-refractivity contribution in [3.05, 3.63) is 35.8 Å². The maximum absolute atomic E-state index is 12.8. The molecule has 3 amide bonds. The monoisotopic (exact) mass is 331 g/mol. The minimum Gasteiger partial charge on any atom is -0.443 e. The molecule has 1 saturated heterocycles. The van der Waals surface area contributed by atoms with Gasteiger partial charge in [0.05, 0.1) is 12.4 Å². The second-order valence-corrected chi connectivity index (χ2v) is 7.22. The molecule has 24 heavy (non-hydrogen) atoms. The molecule has 2 aromatic rings. The lowest BCUT2D eigenvalue weighted by molar-refractivity contribution is -0.131. The Morgan fingerprint density at radius 3 is 2.54 bits per heavy atom. The van der Waals surface area contributed by atoms with Gasteiger partial charge in [-0.25, -0.2) is 9.78 Å². The predicted molar refractivity (Wildman–Crippen MR) is 84.8 cm³/mol. The zero-order valence-electron chi connectivity index (χ0n) is 14.5. The van der Waals surface area contributed by atoms with Crippen LogP contribution in [0.2, 0.25) is 0 Å². The number of rotatable bonds is 3. The maximum Gasteiger partial charge on any atom is 0.325 e. The number of amides is 3. The molecular weight excluding hydrogens is 310 g/mol. The van der Waals surface area contributed by atoms with Crippen molar-refractivity contribution in [1.29, 1.82) is 0 Å². The predicted octanol–water partition coefficient (Wildman–Crippen LogP) is 1.67. The summed E-state index contributed by atoms with van der Waals surface area (Å²) in [7, 11) is 1.76. The van der Waals surface area contributed by atoms with Gasteiger partial charge in [0, 0.05) is 24.2 Å². The Morgan fingerprint density at radius 1 is 1.29 bits per heavy atom. The van der Waals surface area contributed by atoms with Crippen molar-refractivity contribution >= 4 is 11.9 Å². The number of carbonyl (C=O) groups excluding carboxylic acids is 2. The largest absolute Gasteiger partial charge is 0.443 e. The second-order valence-electron chi connectivity index (χ2n) is 7.22. The number of aromatic nitrogens is 3. The van der Waals surface area contributed by atoms with E-state index in [9.17, 15) is 9.59 Å². The summed E-state index contributed by atoms with van der Waals surface area (Å²) in [6, 6.07) is -0.470. The number of aryl methyl sites for hydroxylation is 1. The molecule has 0 bridgehead atoms. The molecule has 0 unspecified atom stereocenters. The molecule has 1 aliphatic rings. The van der Waals surface area contributed by atoms with Crippen LogP contribution in [0.1, 0.15) is 44.9 Å². The van der Waals surface area contributed by atoms with Gasteiger partial charge in [0.1, 0.15) is 17.8 Å². The number of nitrogens with zero attached hydrogens (tertiary/aromatic N) is 4. The summed E-state index contributed by atoms with van der Waals surface area (Å²) in [6.45, 7) is 7.68. The van der Waals surface area contributed by atoms with Gasteiger partial charge in [0.2, 0.25) is 5.89 Å². The van der Waals surface area contributed by atoms with E-state index >= 15 is 0 Å². The van der Waals surface area contributed by atoms with Gasteiger partial charge in [-0.3, -0.25) is 14.4 Å². The molecular formula is C16H21N5O3. The summed E-state index contributed by atoms with van der Waals surface area (Å²) >= 11 is 0. The number of urea groups is 1. The van der Waals surface area contributed by atoms with E-state index in [1.54, 1.807) is 37.2 Å². The third kappa shape index (κ3) is 2.57. The maximum atomic E-state index is 12.8. The van der Waals surface area contributed by atoms with Crippen LogP contribution in [0.4, 0.5) is 4.79 Å². The quantitative estimate of drug-likeness (QED) is 0.864.